The number of carbonyl (C=O) groups is 1. The Hall–Kier alpha value is -2.60. The average Bonchev–Trinajstić information content (AvgIpc) is 3.03. The van der Waals surface area contributed by atoms with Crippen LogP contribution in [0.5, 0.6) is 0 Å². The van der Waals surface area contributed by atoms with Crippen molar-refractivity contribution in [3.8, 4) is 11.4 Å². The molecule has 23 heavy (non-hydrogen) atoms. The summed E-state index contributed by atoms with van der Waals surface area (Å²) in [5.74, 6) is 0.622. The molecular formula is C17H15N3O2S. The Balaban J connectivity index is 1.56. The van der Waals surface area contributed by atoms with E-state index in [2.05, 4.69) is 15.5 Å². The zero-order chi connectivity index (χ0) is 16.1. The second-order valence-corrected chi connectivity index (χ2v) is 5.88. The second kappa shape index (κ2) is 7.11. The van der Waals surface area contributed by atoms with Gasteiger partial charge in [0, 0.05) is 11.3 Å². The molecule has 1 N–H and O–H groups in total. The van der Waals surface area contributed by atoms with E-state index in [4.69, 9.17) is 4.52 Å². The van der Waals surface area contributed by atoms with Crippen LogP contribution in [0.25, 0.3) is 11.4 Å². The molecule has 3 aromatic rings. The Kier molecular flexibility index (Phi) is 4.73. The highest BCUT2D eigenvalue weighted by atomic mass is 32.2. The molecule has 0 aliphatic carbocycles. The van der Waals surface area contributed by atoms with E-state index in [1.54, 1.807) is 0 Å². The fourth-order valence-corrected chi connectivity index (χ4v) is 2.59. The Morgan fingerprint density at radius 1 is 1.17 bits per heavy atom. The van der Waals surface area contributed by atoms with Crippen molar-refractivity contribution >= 4 is 23.4 Å². The van der Waals surface area contributed by atoms with Crippen molar-refractivity contribution in [3.05, 3.63) is 60.2 Å². The molecule has 116 valence electrons. The van der Waals surface area contributed by atoms with Gasteiger partial charge in [0.05, 0.1) is 5.75 Å². The molecule has 0 aliphatic heterocycles. The number of amides is 1. The molecule has 0 bridgehead atoms. The molecule has 0 spiro atoms. The molecule has 0 aliphatic rings. The summed E-state index contributed by atoms with van der Waals surface area (Å²) in [6.07, 6.45) is 0. The van der Waals surface area contributed by atoms with Crippen LogP contribution >= 0.6 is 11.8 Å². The summed E-state index contributed by atoms with van der Waals surface area (Å²) in [5.41, 5.74) is 2.76. The number of nitrogens with one attached hydrogen (secondary N) is 1. The van der Waals surface area contributed by atoms with Crippen molar-refractivity contribution in [1.82, 2.24) is 10.1 Å². The van der Waals surface area contributed by atoms with Gasteiger partial charge in [0.1, 0.15) is 0 Å². The first-order valence-electron chi connectivity index (χ1n) is 7.09. The lowest BCUT2D eigenvalue weighted by Crippen LogP contribution is -2.13. The summed E-state index contributed by atoms with van der Waals surface area (Å²) in [6.45, 7) is 1.98. The Morgan fingerprint density at radius 3 is 2.78 bits per heavy atom. The third-order valence-corrected chi connectivity index (χ3v) is 3.89. The Bertz CT molecular complexity index is 802. The average molecular weight is 325 g/mol. The fraction of sp³-hybridized carbons (Fsp3) is 0.118. The lowest BCUT2D eigenvalue weighted by molar-refractivity contribution is -0.113. The van der Waals surface area contributed by atoms with E-state index in [0.717, 1.165) is 16.8 Å². The minimum atomic E-state index is -0.111. The largest absolute Gasteiger partial charge is 0.327 e. The number of thioether (sulfide) groups is 1. The first-order chi connectivity index (χ1) is 11.2. The number of hydrogen-bond donors (Lipinski definition) is 1. The Morgan fingerprint density at radius 2 is 2.00 bits per heavy atom. The minimum absolute atomic E-state index is 0.111. The predicted molar refractivity (Wildman–Crippen MR) is 90.3 cm³/mol. The van der Waals surface area contributed by atoms with E-state index in [1.807, 2.05) is 61.5 Å². The molecular weight excluding hydrogens is 310 g/mol. The van der Waals surface area contributed by atoms with Gasteiger partial charge in [0.15, 0.2) is 0 Å². The van der Waals surface area contributed by atoms with Crippen molar-refractivity contribution in [1.29, 1.82) is 0 Å². The number of carbonyl (C=O) groups excluding carboxylic acids is 1. The molecule has 1 heterocycles. The van der Waals surface area contributed by atoms with Crippen molar-refractivity contribution in [2.75, 3.05) is 11.1 Å². The lowest BCUT2D eigenvalue weighted by atomic mass is 10.2. The van der Waals surface area contributed by atoms with Gasteiger partial charge in [-0.1, -0.05) is 59.4 Å². The normalized spacial score (nSPS) is 10.5. The van der Waals surface area contributed by atoms with Gasteiger partial charge >= 0.3 is 0 Å². The third kappa shape index (κ3) is 4.20. The topological polar surface area (TPSA) is 68.0 Å². The first kappa shape index (κ1) is 15.3. The van der Waals surface area contributed by atoms with Crippen LogP contribution in [0.4, 0.5) is 5.69 Å². The van der Waals surface area contributed by atoms with Crippen LogP contribution in [-0.4, -0.2) is 21.8 Å². The van der Waals surface area contributed by atoms with E-state index in [9.17, 15) is 4.79 Å². The van der Waals surface area contributed by atoms with Crippen LogP contribution in [0, 0.1) is 6.92 Å². The molecule has 1 aromatic heterocycles. The van der Waals surface area contributed by atoms with Gasteiger partial charge < -0.3 is 9.84 Å². The number of aromatic nitrogens is 2. The summed E-state index contributed by atoms with van der Waals surface area (Å²) >= 11 is 1.22. The number of rotatable bonds is 5. The van der Waals surface area contributed by atoms with Gasteiger partial charge in [-0.3, -0.25) is 4.79 Å². The quantitative estimate of drug-likeness (QED) is 0.723. The molecule has 2 aromatic carbocycles. The molecule has 0 saturated heterocycles. The number of hydrogen-bond acceptors (Lipinski definition) is 5. The highest BCUT2D eigenvalue weighted by molar-refractivity contribution is 7.99. The monoisotopic (exact) mass is 325 g/mol. The minimum Gasteiger partial charge on any atom is -0.327 e. The van der Waals surface area contributed by atoms with Gasteiger partial charge in [-0.15, -0.1) is 0 Å². The molecule has 6 heteroatoms. The lowest BCUT2D eigenvalue weighted by Gasteiger charge is -2.04. The predicted octanol–water partition coefficient (Wildman–Crippen LogP) is 3.78. The van der Waals surface area contributed by atoms with E-state index in [-0.39, 0.29) is 11.7 Å². The molecule has 0 unspecified atom stereocenters. The molecule has 3 rings (SSSR count). The number of aryl methyl sites for hydroxylation is 1. The zero-order valence-electron chi connectivity index (χ0n) is 12.5. The maximum absolute atomic E-state index is 12.0. The van der Waals surface area contributed by atoms with E-state index < -0.39 is 0 Å². The van der Waals surface area contributed by atoms with Crippen molar-refractivity contribution in [2.24, 2.45) is 0 Å². The number of anilines is 1. The van der Waals surface area contributed by atoms with Gasteiger partial charge in [-0.05, 0) is 24.6 Å². The molecule has 5 nitrogen and oxygen atoms in total. The molecule has 0 saturated carbocycles. The van der Waals surface area contributed by atoms with Crippen LogP contribution in [0.1, 0.15) is 5.56 Å². The standard InChI is InChI=1S/C17H15N3O2S/c1-12-6-5-9-14(10-12)18-15(21)11-23-17-19-16(20-22-17)13-7-3-2-4-8-13/h2-10H,11H2,1H3,(H,18,21). The zero-order valence-corrected chi connectivity index (χ0v) is 13.3. The number of benzene rings is 2. The maximum Gasteiger partial charge on any atom is 0.286 e. The van der Waals surface area contributed by atoms with Gasteiger partial charge in [0.2, 0.25) is 11.7 Å². The summed E-state index contributed by atoms with van der Waals surface area (Å²) < 4.78 is 5.16. The first-order valence-corrected chi connectivity index (χ1v) is 8.08. The highest BCUT2D eigenvalue weighted by Crippen LogP contribution is 2.21. The smallest absolute Gasteiger partial charge is 0.286 e. The van der Waals surface area contributed by atoms with Crippen molar-refractivity contribution < 1.29 is 9.32 Å². The molecule has 0 radical (unpaired) electrons. The van der Waals surface area contributed by atoms with Gasteiger partial charge in [-0.2, -0.15) is 4.98 Å². The highest BCUT2D eigenvalue weighted by Gasteiger charge is 2.11. The Labute approximate surface area is 138 Å². The van der Waals surface area contributed by atoms with Crippen molar-refractivity contribution in [3.63, 3.8) is 0 Å². The molecule has 1 amide bonds. The summed E-state index contributed by atoms with van der Waals surface area (Å²) in [6, 6.07) is 17.2. The maximum atomic E-state index is 12.0. The van der Waals surface area contributed by atoms with Crippen LogP contribution < -0.4 is 5.32 Å². The summed E-state index contributed by atoms with van der Waals surface area (Å²) in [7, 11) is 0. The van der Waals surface area contributed by atoms with Crippen LogP contribution in [0.2, 0.25) is 0 Å². The van der Waals surface area contributed by atoms with Gasteiger partial charge in [-0.25, -0.2) is 0 Å². The van der Waals surface area contributed by atoms with Crippen LogP contribution in [0.3, 0.4) is 0 Å². The van der Waals surface area contributed by atoms with Crippen LogP contribution in [0.15, 0.2) is 64.3 Å². The van der Waals surface area contributed by atoms with Crippen molar-refractivity contribution in [2.45, 2.75) is 12.1 Å². The summed E-state index contributed by atoms with van der Waals surface area (Å²) in [4.78, 5) is 16.2. The molecule has 0 fully saturated rings. The fourth-order valence-electron chi connectivity index (χ4n) is 2.02. The SMILES string of the molecule is Cc1cccc(NC(=O)CSc2nc(-c3ccccc3)no2)c1. The third-order valence-electron chi connectivity index (χ3n) is 3.07. The van der Waals surface area contributed by atoms with Gasteiger partial charge in [0.25, 0.3) is 5.22 Å². The van der Waals surface area contributed by atoms with E-state index in [1.165, 1.54) is 11.8 Å². The number of nitrogens with zero attached hydrogens (tertiary/aromatic N) is 2. The summed E-state index contributed by atoms with van der Waals surface area (Å²) in [5, 5.41) is 7.14. The molecule has 0 atom stereocenters. The second-order valence-electron chi connectivity index (χ2n) is 4.96. The van der Waals surface area contributed by atoms with Crippen LogP contribution in [-0.2, 0) is 4.79 Å². The van der Waals surface area contributed by atoms with E-state index >= 15 is 0 Å². The van der Waals surface area contributed by atoms with E-state index in [0.29, 0.717) is 11.0 Å².